The van der Waals surface area contributed by atoms with Crippen molar-refractivity contribution in [3.63, 3.8) is 0 Å². The zero-order chi connectivity index (χ0) is 20.4. The Morgan fingerprint density at radius 3 is 2.34 bits per heavy atom. The predicted molar refractivity (Wildman–Crippen MR) is 113 cm³/mol. The molecule has 2 heterocycles. The monoisotopic (exact) mass is 410 g/mol. The summed E-state index contributed by atoms with van der Waals surface area (Å²) in [5, 5.41) is 0.665. The fourth-order valence-electron chi connectivity index (χ4n) is 3.99. The summed E-state index contributed by atoms with van der Waals surface area (Å²) in [5.41, 5.74) is 2.66. The minimum absolute atomic E-state index is 0.216. The molecule has 0 spiro atoms. The van der Waals surface area contributed by atoms with Crippen LogP contribution in [-0.4, -0.2) is 48.4 Å². The Kier molecular flexibility index (Phi) is 5.58. The Morgan fingerprint density at radius 1 is 0.966 bits per heavy atom. The van der Waals surface area contributed by atoms with E-state index in [0.717, 1.165) is 31.5 Å². The Hall–Kier alpha value is -2.79. The number of benzene rings is 2. The van der Waals surface area contributed by atoms with Gasteiger partial charge in [0.25, 0.3) is 11.8 Å². The molecule has 0 N–H and O–H groups in total. The van der Waals surface area contributed by atoms with Gasteiger partial charge in [-0.2, -0.15) is 0 Å². The number of hydrogen-bond donors (Lipinski definition) is 0. The van der Waals surface area contributed by atoms with E-state index in [1.165, 1.54) is 4.90 Å². The molecule has 0 saturated carbocycles. The lowest BCUT2D eigenvalue weighted by Crippen LogP contribution is -2.36. The van der Waals surface area contributed by atoms with Gasteiger partial charge < -0.3 is 9.64 Å². The highest BCUT2D eigenvalue weighted by atomic mass is 35.5. The van der Waals surface area contributed by atoms with Gasteiger partial charge in [-0.1, -0.05) is 41.9 Å². The molecule has 5 nitrogen and oxygen atoms in total. The first-order valence-corrected chi connectivity index (χ1v) is 10.2. The van der Waals surface area contributed by atoms with Crippen LogP contribution in [0.25, 0.3) is 5.57 Å². The van der Waals surface area contributed by atoms with Gasteiger partial charge in [0.2, 0.25) is 0 Å². The number of methoxy groups -OCH3 is 1. The van der Waals surface area contributed by atoms with Crippen molar-refractivity contribution in [1.29, 1.82) is 0 Å². The van der Waals surface area contributed by atoms with E-state index >= 15 is 0 Å². The van der Waals surface area contributed by atoms with Crippen molar-refractivity contribution in [3.05, 3.63) is 70.4 Å². The average Bonchev–Trinajstić information content (AvgIpc) is 3.34. The van der Waals surface area contributed by atoms with Crippen molar-refractivity contribution < 1.29 is 14.3 Å². The zero-order valence-electron chi connectivity index (χ0n) is 16.4. The molecule has 0 aliphatic carbocycles. The molecule has 2 aliphatic heterocycles. The molecule has 6 heteroatoms. The lowest BCUT2D eigenvalue weighted by atomic mass is 10.0. The normalized spacial score (nSPS) is 16.9. The summed E-state index contributed by atoms with van der Waals surface area (Å²) in [7, 11) is 1.58. The Balaban J connectivity index is 1.67. The van der Waals surface area contributed by atoms with E-state index in [1.54, 1.807) is 7.11 Å². The number of amides is 2. The molecule has 4 rings (SSSR count). The minimum Gasteiger partial charge on any atom is -0.496 e. The number of hydrogen-bond acceptors (Lipinski definition) is 4. The lowest BCUT2D eigenvalue weighted by Gasteiger charge is -2.20. The van der Waals surface area contributed by atoms with Gasteiger partial charge in [-0.25, -0.2) is 0 Å². The smallest absolute Gasteiger partial charge is 0.277 e. The lowest BCUT2D eigenvalue weighted by molar-refractivity contribution is -0.137. The van der Waals surface area contributed by atoms with E-state index in [4.69, 9.17) is 16.3 Å². The summed E-state index contributed by atoms with van der Waals surface area (Å²) in [6, 6.07) is 14.9. The van der Waals surface area contributed by atoms with Crippen LogP contribution in [0.3, 0.4) is 0 Å². The summed E-state index contributed by atoms with van der Waals surface area (Å²) in [6.07, 6.45) is 2.63. The summed E-state index contributed by atoms with van der Waals surface area (Å²) >= 11 is 5.95. The molecule has 0 radical (unpaired) electrons. The van der Waals surface area contributed by atoms with Crippen molar-refractivity contribution in [2.75, 3.05) is 26.7 Å². The number of ether oxygens (including phenoxy) is 1. The highest BCUT2D eigenvalue weighted by molar-refractivity contribution is 6.36. The largest absolute Gasteiger partial charge is 0.496 e. The highest BCUT2D eigenvalue weighted by Gasteiger charge is 2.42. The molecule has 0 aromatic heterocycles. The summed E-state index contributed by atoms with van der Waals surface area (Å²) in [5.74, 6) is 0.127. The van der Waals surface area contributed by atoms with E-state index in [-0.39, 0.29) is 11.8 Å². The van der Waals surface area contributed by atoms with Gasteiger partial charge in [0.05, 0.1) is 12.7 Å². The van der Waals surface area contributed by atoms with E-state index in [1.807, 2.05) is 53.4 Å². The number of carbonyl (C=O) groups excluding carboxylic acids is 2. The molecule has 29 heavy (non-hydrogen) atoms. The molecule has 150 valence electrons. The third-order valence-electron chi connectivity index (χ3n) is 5.48. The van der Waals surface area contributed by atoms with Gasteiger partial charge in [-0.05, 0) is 43.0 Å². The maximum absolute atomic E-state index is 13.4. The number of halogens is 1. The van der Waals surface area contributed by atoms with Gasteiger partial charge in [-0.15, -0.1) is 0 Å². The Bertz CT molecular complexity index is 962. The summed E-state index contributed by atoms with van der Waals surface area (Å²) in [4.78, 5) is 30.1. The second-order valence-electron chi connectivity index (χ2n) is 7.26. The van der Waals surface area contributed by atoms with Gasteiger partial charge in [0.1, 0.15) is 11.4 Å². The fourth-order valence-corrected chi connectivity index (χ4v) is 4.11. The molecule has 0 bridgehead atoms. The fraction of sp³-hybridized carbons (Fsp3) is 0.304. The molecule has 2 aliphatic rings. The van der Waals surface area contributed by atoms with Crippen LogP contribution < -0.4 is 4.74 Å². The third kappa shape index (κ3) is 3.75. The Labute approximate surface area is 175 Å². The molecule has 2 amide bonds. The van der Waals surface area contributed by atoms with Crippen molar-refractivity contribution in [3.8, 4) is 5.75 Å². The standard InChI is InChI=1S/C23H23ClN2O3/c1-29-19-7-3-2-6-18(19)20-21(25-13-4-5-14-25)23(28)26(22(20)27)15-12-16-8-10-17(24)11-9-16/h2-3,6-11H,4-5,12-15H2,1H3. The highest BCUT2D eigenvalue weighted by Crippen LogP contribution is 2.37. The van der Waals surface area contributed by atoms with Gasteiger partial charge in [0.15, 0.2) is 0 Å². The second-order valence-corrected chi connectivity index (χ2v) is 7.69. The van der Waals surface area contributed by atoms with E-state index < -0.39 is 0 Å². The number of likely N-dealkylation sites (tertiary alicyclic amines) is 1. The molecular weight excluding hydrogens is 388 g/mol. The van der Waals surface area contributed by atoms with Crippen LogP contribution in [-0.2, 0) is 16.0 Å². The van der Waals surface area contributed by atoms with Crippen molar-refractivity contribution >= 4 is 29.0 Å². The molecule has 1 saturated heterocycles. The number of nitrogens with zero attached hydrogens (tertiary/aromatic N) is 2. The van der Waals surface area contributed by atoms with Gasteiger partial charge in [-0.3, -0.25) is 14.5 Å². The van der Waals surface area contributed by atoms with Crippen molar-refractivity contribution in [1.82, 2.24) is 9.80 Å². The van der Waals surface area contributed by atoms with Crippen LogP contribution in [0.2, 0.25) is 5.02 Å². The van der Waals surface area contributed by atoms with E-state index in [9.17, 15) is 9.59 Å². The number of carbonyl (C=O) groups is 2. The maximum Gasteiger partial charge on any atom is 0.277 e. The molecule has 2 aromatic rings. The topological polar surface area (TPSA) is 49.9 Å². The predicted octanol–water partition coefficient (Wildman–Crippen LogP) is 3.77. The van der Waals surface area contributed by atoms with Crippen LogP contribution in [0.4, 0.5) is 0 Å². The maximum atomic E-state index is 13.4. The quantitative estimate of drug-likeness (QED) is 0.680. The molecule has 1 fully saturated rings. The van der Waals surface area contributed by atoms with Crippen LogP contribution in [0.5, 0.6) is 5.75 Å². The van der Waals surface area contributed by atoms with Crippen LogP contribution in [0.1, 0.15) is 24.0 Å². The molecule has 2 aromatic carbocycles. The SMILES string of the molecule is COc1ccccc1C1=C(N2CCCC2)C(=O)N(CCc2ccc(Cl)cc2)C1=O. The first-order valence-electron chi connectivity index (χ1n) is 9.83. The van der Waals surface area contributed by atoms with Gasteiger partial charge >= 0.3 is 0 Å². The summed E-state index contributed by atoms with van der Waals surface area (Å²) in [6.45, 7) is 1.91. The molecule has 0 unspecified atom stereocenters. The second kappa shape index (κ2) is 8.29. The zero-order valence-corrected chi connectivity index (χ0v) is 17.1. The van der Waals surface area contributed by atoms with Crippen LogP contribution in [0.15, 0.2) is 54.2 Å². The van der Waals surface area contributed by atoms with E-state index in [0.29, 0.717) is 40.6 Å². The summed E-state index contributed by atoms with van der Waals surface area (Å²) < 4.78 is 5.48. The number of para-hydroxylation sites is 1. The third-order valence-corrected chi connectivity index (χ3v) is 5.73. The number of imide groups is 1. The molecule has 0 atom stereocenters. The number of rotatable bonds is 6. The van der Waals surface area contributed by atoms with Gasteiger partial charge in [0, 0.05) is 30.2 Å². The first kappa shape index (κ1) is 19.5. The first-order chi connectivity index (χ1) is 14.1. The molecular formula is C23H23ClN2O3. The van der Waals surface area contributed by atoms with Crippen LogP contribution >= 0.6 is 11.6 Å². The minimum atomic E-state index is -0.254. The van der Waals surface area contributed by atoms with Crippen LogP contribution in [0, 0.1) is 0 Å². The van der Waals surface area contributed by atoms with Crippen molar-refractivity contribution in [2.45, 2.75) is 19.3 Å². The van der Waals surface area contributed by atoms with E-state index in [2.05, 4.69) is 0 Å². The average molecular weight is 411 g/mol. The Morgan fingerprint density at radius 2 is 1.66 bits per heavy atom. The van der Waals surface area contributed by atoms with Crippen molar-refractivity contribution in [2.24, 2.45) is 0 Å².